The van der Waals surface area contributed by atoms with Crippen molar-refractivity contribution in [2.45, 2.75) is 19.6 Å². The second kappa shape index (κ2) is 12.4. The highest BCUT2D eigenvalue weighted by atomic mass is 32.5. The third-order valence-corrected chi connectivity index (χ3v) is 2.71. The van der Waals surface area contributed by atoms with E-state index in [0.717, 1.165) is 0 Å². The number of nitrogens with two attached hydrogens (primary N) is 2. The third-order valence-electron chi connectivity index (χ3n) is 1.01. The highest BCUT2D eigenvalue weighted by Crippen LogP contribution is 2.44. The van der Waals surface area contributed by atoms with Gasteiger partial charge in [-0.2, -0.15) is 0 Å². The second-order valence-corrected chi connectivity index (χ2v) is 4.90. The minimum Gasteiger partial charge on any atom is -0.412 e. The van der Waals surface area contributed by atoms with Crippen LogP contribution in [-0.4, -0.2) is 40.7 Å². The van der Waals surface area contributed by atoms with Gasteiger partial charge in [0.25, 0.3) is 0 Å². The molecule has 0 aliphatic rings. The Balaban J connectivity index is -0.000000202. The van der Waals surface area contributed by atoms with Crippen LogP contribution in [0, 0.1) is 0 Å². The van der Waals surface area contributed by atoms with Gasteiger partial charge < -0.3 is 37.3 Å². The van der Waals surface area contributed by atoms with E-state index in [4.69, 9.17) is 20.5 Å². The molecule has 0 aromatic rings. The Morgan fingerprint density at radius 3 is 2.20 bits per heavy atom. The first kappa shape index (κ1) is 24.5. The van der Waals surface area contributed by atoms with E-state index in [1.165, 1.54) is 0 Å². The Hall–Kier alpha value is 0.330. The lowest BCUT2D eigenvalue weighted by molar-refractivity contribution is 0.143. The topological polar surface area (TPSA) is 185 Å². The molecular weight excluding hydrogens is 247 g/mol. The zero-order valence-corrected chi connectivity index (χ0v) is 10.2. The van der Waals surface area contributed by atoms with E-state index in [1.54, 1.807) is 6.92 Å². The van der Waals surface area contributed by atoms with Gasteiger partial charge in [0.1, 0.15) is 6.23 Å². The summed E-state index contributed by atoms with van der Waals surface area (Å²) in [6.07, 6.45) is -0.191. The first-order valence-corrected chi connectivity index (χ1v) is 6.22. The average molecular weight is 268 g/mol. The Morgan fingerprint density at radius 1 is 1.40 bits per heavy atom. The normalized spacial score (nSPS) is 14.9. The standard InChI is InChI=1S/C5H15N2O3PS.3H2O/c1-2-9-11(8,12)10-5(7)3-4-6;;;/h5H,2-4,6-7H2,1H3,(H,8,12);3*1H2. The Kier molecular flexibility index (Phi) is 20.3. The van der Waals surface area contributed by atoms with Crippen molar-refractivity contribution in [2.24, 2.45) is 11.5 Å². The predicted molar refractivity (Wildman–Crippen MR) is 61.7 cm³/mol. The largest absolute Gasteiger partial charge is 0.412 e. The molecule has 0 radical (unpaired) electrons. The first-order valence-electron chi connectivity index (χ1n) is 3.63. The van der Waals surface area contributed by atoms with Crippen LogP contribution in [0.25, 0.3) is 0 Å². The van der Waals surface area contributed by atoms with Crippen LogP contribution >= 0.6 is 6.72 Å². The third kappa shape index (κ3) is 14.3. The fourth-order valence-electron chi connectivity index (χ4n) is 0.582. The van der Waals surface area contributed by atoms with Gasteiger partial charge in [-0.3, -0.25) is 4.52 Å². The van der Waals surface area contributed by atoms with Crippen molar-refractivity contribution in [1.82, 2.24) is 0 Å². The van der Waals surface area contributed by atoms with Crippen molar-refractivity contribution in [2.75, 3.05) is 13.2 Å². The van der Waals surface area contributed by atoms with Crippen LogP contribution in [0.5, 0.6) is 0 Å². The van der Waals surface area contributed by atoms with E-state index < -0.39 is 12.9 Å². The average Bonchev–Trinajstić information content (AvgIpc) is 1.85. The van der Waals surface area contributed by atoms with E-state index in [-0.39, 0.29) is 16.4 Å². The fourth-order valence-corrected chi connectivity index (χ4v) is 2.06. The molecule has 0 rings (SSSR count). The molecule has 0 spiro atoms. The summed E-state index contributed by atoms with van der Waals surface area (Å²) in [4.78, 5) is 9.27. The van der Waals surface area contributed by atoms with Gasteiger partial charge in [-0.25, -0.2) is 0 Å². The molecule has 0 heterocycles. The maximum atomic E-state index is 9.27. The highest BCUT2D eigenvalue weighted by molar-refractivity contribution is 8.07. The van der Waals surface area contributed by atoms with Crippen LogP contribution in [0.3, 0.4) is 0 Å². The number of rotatable bonds is 6. The molecule has 2 atom stereocenters. The molecule has 0 aromatic heterocycles. The van der Waals surface area contributed by atoms with Crippen LogP contribution < -0.4 is 11.5 Å². The lowest BCUT2D eigenvalue weighted by Crippen LogP contribution is -2.26. The van der Waals surface area contributed by atoms with E-state index in [9.17, 15) is 4.89 Å². The molecule has 0 fully saturated rings. The van der Waals surface area contributed by atoms with E-state index in [2.05, 4.69) is 11.8 Å². The molecule has 98 valence electrons. The predicted octanol–water partition coefficient (Wildman–Crippen LogP) is -2.58. The second-order valence-electron chi connectivity index (χ2n) is 2.11. The summed E-state index contributed by atoms with van der Waals surface area (Å²) in [7, 11) is 0. The molecule has 10 heteroatoms. The van der Waals surface area contributed by atoms with Crippen LogP contribution in [0.4, 0.5) is 0 Å². The Bertz CT molecular complexity index is 174. The van der Waals surface area contributed by atoms with Gasteiger partial charge in [-0.15, -0.1) is 0 Å². The van der Waals surface area contributed by atoms with Crippen molar-refractivity contribution in [1.29, 1.82) is 0 Å². The summed E-state index contributed by atoms with van der Waals surface area (Å²) >= 11 is 4.63. The molecule has 0 aromatic carbocycles. The molecule has 0 amide bonds. The Labute approximate surface area is 93.7 Å². The van der Waals surface area contributed by atoms with E-state index in [1.807, 2.05) is 0 Å². The maximum Gasteiger partial charge on any atom is 0.326 e. The Morgan fingerprint density at radius 2 is 1.87 bits per heavy atom. The first-order chi connectivity index (χ1) is 5.52. The monoisotopic (exact) mass is 268 g/mol. The SMILES string of the molecule is CCOP(O)(=S)OC(N)CCN.O.O.O. The van der Waals surface area contributed by atoms with Gasteiger partial charge in [0.05, 0.1) is 6.61 Å². The zero-order valence-electron chi connectivity index (χ0n) is 8.47. The van der Waals surface area contributed by atoms with Crippen LogP contribution in [-0.2, 0) is 20.9 Å². The van der Waals surface area contributed by atoms with Crippen molar-refractivity contribution in [3.63, 3.8) is 0 Å². The summed E-state index contributed by atoms with van der Waals surface area (Å²) in [6.45, 7) is -0.708. The molecule has 0 bridgehead atoms. The quantitative estimate of drug-likeness (QED) is 0.350. The van der Waals surface area contributed by atoms with Gasteiger partial charge in [0, 0.05) is 0 Å². The lowest BCUT2D eigenvalue weighted by Gasteiger charge is -2.18. The van der Waals surface area contributed by atoms with Gasteiger partial charge in [-0.1, -0.05) is 0 Å². The lowest BCUT2D eigenvalue weighted by atomic mass is 10.4. The van der Waals surface area contributed by atoms with Gasteiger partial charge in [0.2, 0.25) is 0 Å². The van der Waals surface area contributed by atoms with Gasteiger partial charge >= 0.3 is 6.72 Å². The minimum absolute atomic E-state index is 0. The van der Waals surface area contributed by atoms with Crippen molar-refractivity contribution >= 4 is 18.5 Å². The van der Waals surface area contributed by atoms with Crippen LogP contribution in [0.1, 0.15) is 13.3 Å². The molecule has 15 heavy (non-hydrogen) atoms. The van der Waals surface area contributed by atoms with Crippen molar-refractivity contribution < 1.29 is 30.4 Å². The minimum atomic E-state index is -3.13. The van der Waals surface area contributed by atoms with E-state index >= 15 is 0 Å². The maximum absolute atomic E-state index is 9.27. The molecular formula is C5H21N2O6PS. The summed E-state index contributed by atoms with van der Waals surface area (Å²) in [5.41, 5.74) is 10.6. The smallest absolute Gasteiger partial charge is 0.326 e. The van der Waals surface area contributed by atoms with Crippen LogP contribution in [0.15, 0.2) is 0 Å². The fraction of sp³-hybridized carbons (Fsp3) is 1.00. The summed E-state index contributed by atoms with van der Waals surface area (Å²) in [5, 5.41) is 0. The molecule has 11 N–H and O–H groups in total. The number of hydrogen-bond acceptors (Lipinski definition) is 5. The van der Waals surface area contributed by atoms with Gasteiger partial charge in [-0.05, 0) is 31.7 Å². The molecule has 0 aliphatic carbocycles. The molecule has 2 unspecified atom stereocenters. The summed E-state index contributed by atoms with van der Waals surface area (Å²) < 4.78 is 9.66. The summed E-state index contributed by atoms with van der Waals surface area (Å²) in [5.74, 6) is 0. The number of hydrogen-bond donors (Lipinski definition) is 3. The van der Waals surface area contributed by atoms with Crippen molar-refractivity contribution in [3.05, 3.63) is 0 Å². The highest BCUT2D eigenvalue weighted by Gasteiger charge is 2.17. The van der Waals surface area contributed by atoms with Crippen molar-refractivity contribution in [3.8, 4) is 0 Å². The molecule has 0 saturated heterocycles. The van der Waals surface area contributed by atoms with E-state index in [0.29, 0.717) is 19.6 Å². The molecule has 0 aliphatic heterocycles. The molecule has 8 nitrogen and oxygen atoms in total. The molecule has 0 saturated carbocycles. The van der Waals surface area contributed by atoms with Gasteiger partial charge in [0.15, 0.2) is 0 Å². The van der Waals surface area contributed by atoms with Crippen LogP contribution in [0.2, 0.25) is 0 Å². The summed E-state index contributed by atoms with van der Waals surface area (Å²) in [6, 6.07) is 0. The zero-order chi connectivity index (χ0) is 9.61.